The van der Waals surface area contributed by atoms with Crippen molar-refractivity contribution in [2.24, 2.45) is 5.73 Å². The Hall–Kier alpha value is -1.47. The van der Waals surface area contributed by atoms with Crippen LogP contribution in [0.5, 0.6) is 0 Å². The SMILES string of the molecule is CCN(Cc1nc(N)nc(N(C)C)n1)C1CCC(N)CC1. The van der Waals surface area contributed by atoms with E-state index in [4.69, 9.17) is 11.5 Å². The molecule has 1 saturated carbocycles. The van der Waals surface area contributed by atoms with Gasteiger partial charge in [0.25, 0.3) is 0 Å². The van der Waals surface area contributed by atoms with Crippen LogP contribution in [0.1, 0.15) is 38.4 Å². The van der Waals surface area contributed by atoms with Crippen LogP contribution < -0.4 is 16.4 Å². The molecule has 0 atom stereocenters. The smallest absolute Gasteiger partial charge is 0.229 e. The van der Waals surface area contributed by atoms with Crippen molar-refractivity contribution >= 4 is 11.9 Å². The van der Waals surface area contributed by atoms with Crippen molar-refractivity contribution in [1.29, 1.82) is 0 Å². The monoisotopic (exact) mass is 293 g/mol. The van der Waals surface area contributed by atoms with Crippen molar-refractivity contribution in [1.82, 2.24) is 19.9 Å². The van der Waals surface area contributed by atoms with Gasteiger partial charge in [-0.1, -0.05) is 6.92 Å². The minimum Gasteiger partial charge on any atom is -0.368 e. The molecule has 0 radical (unpaired) electrons. The van der Waals surface area contributed by atoms with Crippen molar-refractivity contribution in [2.45, 2.75) is 51.2 Å². The summed E-state index contributed by atoms with van der Waals surface area (Å²) in [4.78, 5) is 17.2. The van der Waals surface area contributed by atoms with Gasteiger partial charge in [-0.25, -0.2) is 0 Å². The summed E-state index contributed by atoms with van der Waals surface area (Å²) < 4.78 is 0. The van der Waals surface area contributed by atoms with Gasteiger partial charge in [-0.05, 0) is 32.2 Å². The van der Waals surface area contributed by atoms with E-state index >= 15 is 0 Å². The fourth-order valence-electron chi connectivity index (χ4n) is 2.84. The summed E-state index contributed by atoms with van der Waals surface area (Å²) in [6.45, 7) is 3.86. The topological polar surface area (TPSA) is 97.2 Å². The standard InChI is InChI=1S/C14H27N7/c1-4-21(11-7-5-10(15)6-8-11)9-12-17-13(16)19-14(18-12)20(2)3/h10-11H,4-9,15H2,1-3H3,(H2,16,17,18,19). The Morgan fingerprint density at radius 1 is 1.10 bits per heavy atom. The molecule has 1 aliphatic carbocycles. The first-order chi connectivity index (χ1) is 9.99. The highest BCUT2D eigenvalue weighted by atomic mass is 15.3. The van der Waals surface area contributed by atoms with Gasteiger partial charge in [-0.2, -0.15) is 15.0 Å². The van der Waals surface area contributed by atoms with E-state index in [1.165, 1.54) is 0 Å². The number of nitrogen functional groups attached to an aromatic ring is 1. The van der Waals surface area contributed by atoms with E-state index < -0.39 is 0 Å². The number of rotatable bonds is 5. The number of hydrogen-bond donors (Lipinski definition) is 2. The molecule has 1 aromatic rings. The van der Waals surface area contributed by atoms with Gasteiger partial charge in [0, 0.05) is 26.2 Å². The number of anilines is 2. The molecule has 0 unspecified atom stereocenters. The minimum absolute atomic E-state index is 0.283. The third kappa shape index (κ3) is 4.25. The highest BCUT2D eigenvalue weighted by Gasteiger charge is 2.24. The molecule has 0 amide bonds. The van der Waals surface area contributed by atoms with Gasteiger partial charge in [0.05, 0.1) is 6.54 Å². The van der Waals surface area contributed by atoms with Crippen molar-refractivity contribution in [3.63, 3.8) is 0 Å². The Balaban J connectivity index is 2.07. The van der Waals surface area contributed by atoms with E-state index in [0.29, 0.717) is 24.6 Å². The van der Waals surface area contributed by atoms with E-state index in [0.717, 1.165) is 38.1 Å². The molecule has 1 aliphatic rings. The lowest BCUT2D eigenvalue weighted by atomic mass is 9.91. The second-order valence-corrected chi connectivity index (χ2v) is 5.94. The lowest BCUT2D eigenvalue weighted by Crippen LogP contribution is -2.40. The number of nitrogens with zero attached hydrogens (tertiary/aromatic N) is 5. The Morgan fingerprint density at radius 2 is 1.76 bits per heavy atom. The van der Waals surface area contributed by atoms with Gasteiger partial charge < -0.3 is 16.4 Å². The lowest BCUT2D eigenvalue weighted by Gasteiger charge is -2.35. The first-order valence-corrected chi connectivity index (χ1v) is 7.67. The molecule has 0 spiro atoms. The molecule has 21 heavy (non-hydrogen) atoms. The van der Waals surface area contributed by atoms with Gasteiger partial charge >= 0.3 is 0 Å². The first kappa shape index (κ1) is 15.9. The van der Waals surface area contributed by atoms with Gasteiger partial charge in [0.2, 0.25) is 11.9 Å². The maximum atomic E-state index is 5.99. The zero-order valence-electron chi connectivity index (χ0n) is 13.3. The summed E-state index contributed by atoms with van der Waals surface area (Å²) >= 11 is 0. The van der Waals surface area contributed by atoms with Gasteiger partial charge in [-0.3, -0.25) is 4.90 Å². The maximum Gasteiger partial charge on any atom is 0.229 e. The zero-order chi connectivity index (χ0) is 15.4. The molecule has 118 valence electrons. The van der Waals surface area contributed by atoms with Crippen molar-refractivity contribution < 1.29 is 0 Å². The van der Waals surface area contributed by atoms with Crippen LogP contribution in [0.15, 0.2) is 0 Å². The molecule has 7 heteroatoms. The summed E-state index contributed by atoms with van der Waals surface area (Å²) in [5.74, 6) is 1.63. The Labute approximate surface area is 126 Å². The summed E-state index contributed by atoms with van der Waals surface area (Å²) in [6.07, 6.45) is 4.50. The molecule has 7 nitrogen and oxygen atoms in total. The molecule has 0 saturated heterocycles. The molecule has 4 N–H and O–H groups in total. The molecule has 0 aromatic carbocycles. The van der Waals surface area contributed by atoms with Crippen LogP contribution in [-0.2, 0) is 6.54 Å². The Morgan fingerprint density at radius 3 is 2.33 bits per heavy atom. The van der Waals surface area contributed by atoms with Crippen LogP contribution in [0.2, 0.25) is 0 Å². The van der Waals surface area contributed by atoms with Crippen molar-refractivity contribution in [2.75, 3.05) is 31.3 Å². The average Bonchev–Trinajstić information content (AvgIpc) is 2.45. The molecule has 0 aliphatic heterocycles. The summed E-state index contributed by atoms with van der Waals surface area (Å²) in [5.41, 5.74) is 11.8. The lowest BCUT2D eigenvalue weighted by molar-refractivity contribution is 0.146. The third-order valence-corrected chi connectivity index (χ3v) is 4.10. The summed E-state index contributed by atoms with van der Waals surface area (Å²) in [6, 6.07) is 0.934. The minimum atomic E-state index is 0.283. The molecule has 1 fully saturated rings. The van der Waals surface area contributed by atoms with Crippen molar-refractivity contribution in [3.8, 4) is 0 Å². The number of aromatic nitrogens is 3. The highest BCUT2D eigenvalue weighted by Crippen LogP contribution is 2.23. The van der Waals surface area contributed by atoms with Gasteiger partial charge in [0.1, 0.15) is 5.82 Å². The first-order valence-electron chi connectivity index (χ1n) is 7.67. The van der Waals surface area contributed by atoms with Crippen LogP contribution in [-0.4, -0.2) is 52.6 Å². The molecule has 0 bridgehead atoms. The second kappa shape index (κ2) is 7.00. The van der Waals surface area contributed by atoms with Crippen LogP contribution in [0.3, 0.4) is 0 Å². The fourth-order valence-corrected chi connectivity index (χ4v) is 2.84. The Bertz CT molecular complexity index is 455. The summed E-state index contributed by atoms with van der Waals surface area (Å²) in [5, 5.41) is 0. The van der Waals surface area contributed by atoms with Gasteiger partial charge in [0.15, 0.2) is 0 Å². The Kier molecular flexibility index (Phi) is 5.30. The molecule has 2 rings (SSSR count). The fraction of sp³-hybridized carbons (Fsp3) is 0.786. The number of nitrogens with two attached hydrogens (primary N) is 2. The quantitative estimate of drug-likeness (QED) is 0.821. The molecular weight excluding hydrogens is 266 g/mol. The van der Waals surface area contributed by atoms with E-state index in [2.05, 4.69) is 26.8 Å². The maximum absolute atomic E-state index is 5.99. The predicted octanol–water partition coefficient (Wildman–Crippen LogP) is 0.612. The van der Waals surface area contributed by atoms with E-state index in [1.54, 1.807) is 0 Å². The molecule has 1 aromatic heterocycles. The predicted molar refractivity (Wildman–Crippen MR) is 84.9 cm³/mol. The van der Waals surface area contributed by atoms with E-state index in [9.17, 15) is 0 Å². The third-order valence-electron chi connectivity index (χ3n) is 4.10. The molecule has 1 heterocycles. The van der Waals surface area contributed by atoms with Crippen molar-refractivity contribution in [3.05, 3.63) is 5.82 Å². The van der Waals surface area contributed by atoms with Crippen LogP contribution in [0.4, 0.5) is 11.9 Å². The largest absolute Gasteiger partial charge is 0.368 e. The summed E-state index contributed by atoms with van der Waals surface area (Å²) in [7, 11) is 3.80. The number of hydrogen-bond acceptors (Lipinski definition) is 7. The van der Waals surface area contributed by atoms with Crippen LogP contribution >= 0.6 is 0 Å². The second-order valence-electron chi connectivity index (χ2n) is 5.94. The average molecular weight is 293 g/mol. The van der Waals surface area contributed by atoms with Crippen LogP contribution in [0.25, 0.3) is 0 Å². The van der Waals surface area contributed by atoms with Gasteiger partial charge in [-0.15, -0.1) is 0 Å². The van der Waals surface area contributed by atoms with Crippen LogP contribution in [0, 0.1) is 0 Å². The highest BCUT2D eigenvalue weighted by molar-refractivity contribution is 5.32. The molecular formula is C14H27N7. The normalized spacial score (nSPS) is 22.5. The zero-order valence-corrected chi connectivity index (χ0v) is 13.3. The van der Waals surface area contributed by atoms with E-state index in [1.807, 2.05) is 19.0 Å². The van der Waals surface area contributed by atoms with E-state index in [-0.39, 0.29) is 5.95 Å².